The van der Waals surface area contributed by atoms with Gasteiger partial charge in [-0.05, 0) is 87.8 Å². The Morgan fingerprint density at radius 1 is 1.09 bits per heavy atom. The minimum atomic E-state index is -0.414. The number of benzene rings is 2. The molecule has 3 N–H and O–H groups in total. The molecule has 0 radical (unpaired) electrons. The number of ether oxygens (including phenoxy) is 2. The van der Waals surface area contributed by atoms with Crippen molar-refractivity contribution >= 4 is 17.2 Å². The van der Waals surface area contributed by atoms with Gasteiger partial charge in [0.05, 0.1) is 10.7 Å². The third kappa shape index (κ3) is 6.74. The van der Waals surface area contributed by atoms with Crippen LogP contribution in [-0.4, -0.2) is 40.3 Å². The number of hydrogen-bond acceptors (Lipinski definition) is 7. The molecule has 0 amide bonds. The molecule has 0 saturated carbocycles. The smallest absolute Gasteiger partial charge is 0.241 e. The average molecular weight is 495 g/mol. The van der Waals surface area contributed by atoms with Crippen LogP contribution in [0.25, 0.3) is 11.3 Å². The van der Waals surface area contributed by atoms with Crippen molar-refractivity contribution in [3.05, 3.63) is 64.0 Å². The Morgan fingerprint density at radius 3 is 2.31 bits per heavy atom. The van der Waals surface area contributed by atoms with Crippen molar-refractivity contribution in [2.45, 2.75) is 58.8 Å². The summed E-state index contributed by atoms with van der Waals surface area (Å²) in [6.07, 6.45) is 4.97. The molecule has 4 rings (SSSR count). The predicted octanol–water partition coefficient (Wildman–Crippen LogP) is 5.78. The summed E-state index contributed by atoms with van der Waals surface area (Å²) in [6.45, 7) is 7.54. The van der Waals surface area contributed by atoms with E-state index in [1.807, 2.05) is 12.1 Å². The normalized spacial score (nSPS) is 15.3. The number of amidine groups is 1. The van der Waals surface area contributed by atoms with Gasteiger partial charge in [-0.25, -0.2) is 4.98 Å². The summed E-state index contributed by atoms with van der Waals surface area (Å²) >= 11 is 1.79. The number of oxime groups is 1. The average Bonchev–Trinajstić information content (AvgIpc) is 3.52. The zero-order valence-corrected chi connectivity index (χ0v) is 21.3. The van der Waals surface area contributed by atoms with Gasteiger partial charge in [0.1, 0.15) is 11.5 Å². The maximum Gasteiger partial charge on any atom is 0.241 e. The second kappa shape index (κ2) is 12.0. The van der Waals surface area contributed by atoms with Crippen molar-refractivity contribution in [2.75, 3.05) is 13.1 Å². The standard InChI is InChI=1S/C27H34N4O3S/c1-3-4-7-25(34-23-14-10-21(11-15-23)27(28)30-32)33-22-12-8-20(9-13-22)26-24(35-19(2)29-26)18-31-16-5-6-17-31/h8-15,25,32H,3-7,16-18H2,1-2H3,(H2,28,30). The van der Waals surface area contributed by atoms with Gasteiger partial charge >= 0.3 is 0 Å². The molecule has 2 heterocycles. The van der Waals surface area contributed by atoms with Gasteiger partial charge in [0.2, 0.25) is 6.29 Å². The van der Waals surface area contributed by atoms with Crippen molar-refractivity contribution < 1.29 is 14.7 Å². The first-order chi connectivity index (χ1) is 17.1. The highest BCUT2D eigenvalue weighted by molar-refractivity contribution is 7.12. The van der Waals surface area contributed by atoms with Gasteiger partial charge in [-0.1, -0.05) is 18.5 Å². The van der Waals surface area contributed by atoms with Gasteiger partial charge < -0.3 is 20.4 Å². The van der Waals surface area contributed by atoms with Crippen LogP contribution < -0.4 is 15.2 Å². The van der Waals surface area contributed by atoms with Crippen LogP contribution in [0.15, 0.2) is 53.7 Å². The Bertz CT molecular complexity index is 1110. The SMILES string of the molecule is CCCCC(Oc1ccc(C(N)=NO)cc1)Oc1ccc(-c2nc(C)sc2CN2CCCC2)cc1. The topological polar surface area (TPSA) is 93.2 Å². The molecule has 1 aliphatic rings. The summed E-state index contributed by atoms with van der Waals surface area (Å²) in [5, 5.41) is 13.0. The quantitative estimate of drug-likeness (QED) is 0.115. The fourth-order valence-electron chi connectivity index (χ4n) is 4.22. The second-order valence-electron chi connectivity index (χ2n) is 8.83. The van der Waals surface area contributed by atoms with E-state index in [1.54, 1.807) is 35.6 Å². The summed E-state index contributed by atoms with van der Waals surface area (Å²) < 4.78 is 12.3. The Balaban J connectivity index is 1.44. The molecule has 2 aromatic carbocycles. The van der Waals surface area contributed by atoms with Gasteiger partial charge in [0.25, 0.3) is 0 Å². The molecule has 3 aromatic rings. The van der Waals surface area contributed by atoms with Crippen LogP contribution in [0.5, 0.6) is 11.5 Å². The number of aryl methyl sites for hydroxylation is 1. The molecule has 1 saturated heterocycles. The lowest BCUT2D eigenvalue weighted by Gasteiger charge is -2.21. The van der Waals surface area contributed by atoms with Gasteiger partial charge in [-0.15, -0.1) is 11.3 Å². The number of likely N-dealkylation sites (tertiary alicyclic amines) is 1. The monoisotopic (exact) mass is 494 g/mol. The molecule has 1 atom stereocenters. The molecule has 0 aliphatic carbocycles. The fourth-order valence-corrected chi connectivity index (χ4v) is 5.22. The summed E-state index contributed by atoms with van der Waals surface area (Å²) in [4.78, 5) is 8.67. The summed E-state index contributed by atoms with van der Waals surface area (Å²) in [6, 6.07) is 15.3. The number of thiazole rings is 1. The van der Waals surface area contributed by atoms with Crippen LogP contribution in [-0.2, 0) is 6.54 Å². The van der Waals surface area contributed by atoms with Gasteiger partial charge in [0.15, 0.2) is 5.84 Å². The first-order valence-electron chi connectivity index (χ1n) is 12.3. The van der Waals surface area contributed by atoms with E-state index in [0.29, 0.717) is 11.3 Å². The van der Waals surface area contributed by atoms with Crippen molar-refractivity contribution in [3.8, 4) is 22.8 Å². The van der Waals surface area contributed by atoms with Crippen LogP contribution in [0.2, 0.25) is 0 Å². The molecule has 8 heteroatoms. The minimum Gasteiger partial charge on any atom is -0.455 e. The van der Waals surface area contributed by atoms with E-state index in [-0.39, 0.29) is 5.84 Å². The maximum absolute atomic E-state index is 8.84. The minimum absolute atomic E-state index is 0.0642. The number of nitrogens with two attached hydrogens (primary N) is 1. The zero-order valence-electron chi connectivity index (χ0n) is 20.4. The van der Waals surface area contributed by atoms with Crippen molar-refractivity contribution in [1.29, 1.82) is 0 Å². The predicted molar refractivity (Wildman–Crippen MR) is 140 cm³/mol. The molecular weight excluding hydrogens is 460 g/mol. The van der Waals surface area contributed by atoms with E-state index < -0.39 is 6.29 Å². The second-order valence-corrected chi connectivity index (χ2v) is 10.1. The molecule has 35 heavy (non-hydrogen) atoms. The van der Waals surface area contributed by atoms with Crippen molar-refractivity contribution in [2.24, 2.45) is 10.9 Å². The lowest BCUT2D eigenvalue weighted by Crippen LogP contribution is -2.24. The number of aromatic nitrogens is 1. The fraction of sp³-hybridized carbons (Fsp3) is 0.407. The molecule has 0 spiro atoms. The van der Waals surface area contributed by atoms with Crippen molar-refractivity contribution in [3.63, 3.8) is 0 Å². The van der Waals surface area contributed by atoms with Crippen LogP contribution in [0.1, 0.15) is 54.5 Å². The number of unbranched alkanes of at least 4 members (excludes halogenated alkanes) is 1. The lowest BCUT2D eigenvalue weighted by molar-refractivity contribution is -0.00211. The maximum atomic E-state index is 8.84. The molecule has 1 fully saturated rings. The van der Waals surface area contributed by atoms with E-state index in [2.05, 4.69) is 36.0 Å². The highest BCUT2D eigenvalue weighted by Gasteiger charge is 2.18. The molecular formula is C27H34N4O3S. The van der Waals surface area contributed by atoms with Crippen LogP contribution in [0.4, 0.5) is 0 Å². The summed E-state index contributed by atoms with van der Waals surface area (Å²) in [5.41, 5.74) is 8.47. The van der Waals surface area contributed by atoms with Gasteiger partial charge in [0, 0.05) is 29.0 Å². The third-order valence-electron chi connectivity index (χ3n) is 6.08. The molecule has 1 aliphatic heterocycles. The number of hydrogen-bond donors (Lipinski definition) is 2. The van der Waals surface area contributed by atoms with E-state index in [1.165, 1.54) is 30.8 Å². The van der Waals surface area contributed by atoms with Crippen LogP contribution in [0.3, 0.4) is 0 Å². The largest absolute Gasteiger partial charge is 0.455 e. The third-order valence-corrected chi connectivity index (χ3v) is 7.04. The molecule has 0 bridgehead atoms. The van der Waals surface area contributed by atoms with E-state index in [4.69, 9.17) is 25.4 Å². The molecule has 186 valence electrons. The Labute approximate surface area is 211 Å². The summed E-state index contributed by atoms with van der Waals surface area (Å²) in [7, 11) is 0. The number of rotatable bonds is 11. The Hall–Kier alpha value is -3.10. The van der Waals surface area contributed by atoms with Gasteiger partial charge in [-0.3, -0.25) is 4.90 Å². The highest BCUT2D eigenvalue weighted by atomic mass is 32.1. The van der Waals surface area contributed by atoms with E-state index in [9.17, 15) is 0 Å². The number of nitrogens with zero attached hydrogens (tertiary/aromatic N) is 3. The molecule has 1 unspecified atom stereocenters. The molecule has 1 aromatic heterocycles. The zero-order chi connectivity index (χ0) is 24.6. The van der Waals surface area contributed by atoms with Crippen LogP contribution in [0, 0.1) is 6.92 Å². The van der Waals surface area contributed by atoms with E-state index in [0.717, 1.165) is 47.8 Å². The van der Waals surface area contributed by atoms with Crippen molar-refractivity contribution in [1.82, 2.24) is 9.88 Å². The lowest BCUT2D eigenvalue weighted by atomic mass is 10.1. The van der Waals surface area contributed by atoms with Crippen LogP contribution >= 0.6 is 11.3 Å². The highest BCUT2D eigenvalue weighted by Crippen LogP contribution is 2.31. The van der Waals surface area contributed by atoms with E-state index >= 15 is 0 Å². The summed E-state index contributed by atoms with van der Waals surface area (Å²) in [5.74, 6) is 1.49. The first-order valence-corrected chi connectivity index (χ1v) is 13.1. The first kappa shape index (κ1) is 25.0. The Kier molecular flexibility index (Phi) is 8.60. The molecule has 7 nitrogen and oxygen atoms in total. The van der Waals surface area contributed by atoms with Gasteiger partial charge in [-0.2, -0.15) is 0 Å². The Morgan fingerprint density at radius 2 is 1.71 bits per heavy atom.